The summed E-state index contributed by atoms with van der Waals surface area (Å²) in [6, 6.07) is 21.5. The molecule has 3 rings (SSSR count). The van der Waals surface area contributed by atoms with Crippen LogP contribution in [0.1, 0.15) is 112 Å². The molecule has 0 saturated carbocycles. The predicted octanol–water partition coefficient (Wildman–Crippen LogP) is 9.37. The molecule has 0 aliphatic carbocycles. The predicted molar refractivity (Wildman–Crippen MR) is 177 cm³/mol. The zero-order valence-corrected chi connectivity index (χ0v) is 27.1. The van der Waals surface area contributed by atoms with Gasteiger partial charge in [0, 0.05) is 6.42 Å². The highest BCUT2D eigenvalue weighted by molar-refractivity contribution is 5.92. The molecule has 0 saturated heterocycles. The molecular weight excluding hydrogens is 568 g/mol. The van der Waals surface area contributed by atoms with Crippen molar-refractivity contribution in [2.45, 2.75) is 97.5 Å². The Labute approximate surface area is 268 Å². The van der Waals surface area contributed by atoms with Gasteiger partial charge in [-0.1, -0.05) is 57.4 Å². The van der Waals surface area contributed by atoms with Crippen molar-refractivity contribution in [3.05, 3.63) is 83.9 Å². The van der Waals surface area contributed by atoms with E-state index < -0.39 is 5.97 Å². The van der Waals surface area contributed by atoms with E-state index in [1.165, 1.54) is 12.8 Å². The van der Waals surface area contributed by atoms with Crippen LogP contribution in [0.3, 0.4) is 0 Å². The van der Waals surface area contributed by atoms with Gasteiger partial charge >= 0.3 is 17.9 Å². The molecule has 3 aromatic rings. The van der Waals surface area contributed by atoms with Gasteiger partial charge in [0.2, 0.25) is 0 Å². The topological polar surface area (TPSA) is 88.1 Å². The van der Waals surface area contributed by atoms with E-state index in [2.05, 4.69) is 6.92 Å². The first-order valence-corrected chi connectivity index (χ1v) is 16.4. The van der Waals surface area contributed by atoms with Crippen LogP contribution in [0.4, 0.5) is 0 Å². The Kier molecular flexibility index (Phi) is 15.7. The van der Waals surface area contributed by atoms with E-state index in [9.17, 15) is 14.4 Å². The SMILES string of the molecule is CCCCCCC(C)OC(=O)c1ccc(OC(=O)c2ccc(-c3ccc(OCCCCCCOC(=O)CCC)cc3)cc2)cc1. The van der Waals surface area contributed by atoms with Crippen molar-refractivity contribution in [2.75, 3.05) is 13.2 Å². The first-order chi connectivity index (χ1) is 21.9. The molecule has 3 aromatic carbocycles. The van der Waals surface area contributed by atoms with Gasteiger partial charge in [0.15, 0.2) is 0 Å². The fraction of sp³-hybridized carbons (Fsp3) is 0.447. The number of benzene rings is 3. The summed E-state index contributed by atoms with van der Waals surface area (Å²) >= 11 is 0. The van der Waals surface area contributed by atoms with E-state index in [0.29, 0.717) is 36.5 Å². The van der Waals surface area contributed by atoms with Crippen LogP contribution < -0.4 is 9.47 Å². The minimum Gasteiger partial charge on any atom is -0.494 e. The van der Waals surface area contributed by atoms with Crippen molar-refractivity contribution in [1.29, 1.82) is 0 Å². The molecule has 0 spiro atoms. The Balaban J connectivity index is 1.38. The molecular formula is C38H48O7. The molecule has 0 heterocycles. The van der Waals surface area contributed by atoms with Crippen LogP contribution in [0.5, 0.6) is 11.5 Å². The van der Waals surface area contributed by atoms with E-state index in [1.807, 2.05) is 50.2 Å². The first kappa shape index (κ1) is 35.4. The second-order valence-electron chi connectivity index (χ2n) is 11.3. The highest BCUT2D eigenvalue weighted by Crippen LogP contribution is 2.24. The molecule has 0 N–H and O–H groups in total. The van der Waals surface area contributed by atoms with Gasteiger partial charge < -0.3 is 18.9 Å². The number of hydrogen-bond acceptors (Lipinski definition) is 7. The lowest BCUT2D eigenvalue weighted by Crippen LogP contribution is -2.15. The van der Waals surface area contributed by atoms with Gasteiger partial charge in [0.05, 0.1) is 30.4 Å². The maximum atomic E-state index is 12.7. The van der Waals surface area contributed by atoms with Gasteiger partial charge in [-0.15, -0.1) is 0 Å². The largest absolute Gasteiger partial charge is 0.494 e. The molecule has 242 valence electrons. The number of esters is 3. The number of hydrogen-bond donors (Lipinski definition) is 0. The molecule has 45 heavy (non-hydrogen) atoms. The second kappa shape index (κ2) is 20.0. The second-order valence-corrected chi connectivity index (χ2v) is 11.3. The van der Waals surface area contributed by atoms with Gasteiger partial charge in [0.25, 0.3) is 0 Å². The Hall–Kier alpha value is -4.13. The van der Waals surface area contributed by atoms with Crippen LogP contribution >= 0.6 is 0 Å². The molecule has 1 unspecified atom stereocenters. The minimum absolute atomic E-state index is 0.111. The monoisotopic (exact) mass is 616 g/mol. The summed E-state index contributed by atoms with van der Waals surface area (Å²) in [5.41, 5.74) is 2.84. The van der Waals surface area contributed by atoms with Crippen molar-refractivity contribution in [3.63, 3.8) is 0 Å². The molecule has 0 amide bonds. The quantitative estimate of drug-likeness (QED) is 0.0710. The van der Waals surface area contributed by atoms with Crippen LogP contribution in [0.15, 0.2) is 72.8 Å². The van der Waals surface area contributed by atoms with Gasteiger partial charge in [-0.05, 0) is 112 Å². The van der Waals surface area contributed by atoms with E-state index in [4.69, 9.17) is 18.9 Å². The summed E-state index contributed by atoms with van der Waals surface area (Å²) in [4.78, 5) is 36.5. The molecule has 0 bridgehead atoms. The van der Waals surface area contributed by atoms with Crippen LogP contribution in [-0.2, 0) is 14.3 Å². The van der Waals surface area contributed by atoms with Crippen molar-refractivity contribution < 1.29 is 33.3 Å². The number of rotatable bonds is 20. The average Bonchev–Trinajstić information content (AvgIpc) is 3.05. The Bertz CT molecular complexity index is 1300. The highest BCUT2D eigenvalue weighted by Gasteiger charge is 2.14. The van der Waals surface area contributed by atoms with Crippen LogP contribution in [-0.4, -0.2) is 37.2 Å². The summed E-state index contributed by atoms with van der Waals surface area (Å²) in [5.74, 6) is 0.209. The van der Waals surface area contributed by atoms with Crippen molar-refractivity contribution in [1.82, 2.24) is 0 Å². The Morgan fingerprint density at radius 3 is 1.80 bits per heavy atom. The number of unbranched alkanes of at least 4 members (excludes halogenated alkanes) is 6. The first-order valence-electron chi connectivity index (χ1n) is 16.4. The lowest BCUT2D eigenvalue weighted by Gasteiger charge is -2.13. The van der Waals surface area contributed by atoms with Gasteiger partial charge in [0.1, 0.15) is 11.5 Å². The van der Waals surface area contributed by atoms with E-state index in [1.54, 1.807) is 36.4 Å². The zero-order chi connectivity index (χ0) is 32.3. The Morgan fingerprint density at radius 1 is 0.600 bits per heavy atom. The molecule has 0 fully saturated rings. The van der Waals surface area contributed by atoms with Crippen LogP contribution in [0, 0.1) is 0 Å². The molecule has 0 aliphatic heterocycles. The summed E-state index contributed by atoms with van der Waals surface area (Å²) < 4.78 is 22.1. The highest BCUT2D eigenvalue weighted by atomic mass is 16.5. The lowest BCUT2D eigenvalue weighted by molar-refractivity contribution is -0.143. The molecule has 7 heteroatoms. The van der Waals surface area contributed by atoms with Crippen molar-refractivity contribution in [2.24, 2.45) is 0 Å². The van der Waals surface area contributed by atoms with E-state index in [0.717, 1.165) is 68.2 Å². The fourth-order valence-electron chi connectivity index (χ4n) is 4.75. The lowest BCUT2D eigenvalue weighted by atomic mass is 10.0. The van der Waals surface area contributed by atoms with Crippen LogP contribution in [0.25, 0.3) is 11.1 Å². The maximum absolute atomic E-state index is 12.7. The third-order valence-electron chi connectivity index (χ3n) is 7.41. The standard InChI is InChI=1S/C38H48O7/c1-4-6-7-10-14-29(3)44-37(40)33-21-25-35(26-22-33)45-38(41)32-17-15-30(16-18-32)31-19-23-34(24-20-31)42-27-11-8-9-12-28-43-36(39)13-5-2/h15-26,29H,4-14,27-28H2,1-3H3. The van der Waals surface area contributed by atoms with Gasteiger partial charge in [-0.2, -0.15) is 0 Å². The summed E-state index contributed by atoms with van der Waals surface area (Å²) in [5, 5.41) is 0. The Morgan fingerprint density at radius 2 is 1.16 bits per heavy atom. The third-order valence-corrected chi connectivity index (χ3v) is 7.41. The van der Waals surface area contributed by atoms with E-state index in [-0.39, 0.29) is 18.0 Å². The third kappa shape index (κ3) is 13.2. The van der Waals surface area contributed by atoms with Gasteiger partial charge in [-0.25, -0.2) is 9.59 Å². The smallest absolute Gasteiger partial charge is 0.343 e. The molecule has 1 atom stereocenters. The van der Waals surface area contributed by atoms with Crippen molar-refractivity contribution in [3.8, 4) is 22.6 Å². The molecule has 0 aromatic heterocycles. The summed E-state index contributed by atoms with van der Waals surface area (Å²) in [6.45, 7) is 7.18. The van der Waals surface area contributed by atoms with Gasteiger partial charge in [-0.3, -0.25) is 4.79 Å². The number of carbonyl (C=O) groups excluding carboxylic acids is 3. The molecule has 0 radical (unpaired) electrons. The average molecular weight is 617 g/mol. The fourth-order valence-corrected chi connectivity index (χ4v) is 4.75. The normalized spacial score (nSPS) is 11.4. The van der Waals surface area contributed by atoms with E-state index >= 15 is 0 Å². The summed E-state index contributed by atoms with van der Waals surface area (Å²) in [6.07, 6.45) is 10.4. The number of ether oxygens (including phenoxy) is 4. The molecule has 0 aliphatic rings. The minimum atomic E-state index is -0.473. The van der Waals surface area contributed by atoms with Crippen LogP contribution in [0.2, 0.25) is 0 Å². The summed E-state index contributed by atoms with van der Waals surface area (Å²) in [7, 11) is 0. The number of carbonyl (C=O) groups is 3. The maximum Gasteiger partial charge on any atom is 0.343 e. The zero-order valence-electron chi connectivity index (χ0n) is 27.1. The van der Waals surface area contributed by atoms with Crippen molar-refractivity contribution >= 4 is 17.9 Å². The molecule has 7 nitrogen and oxygen atoms in total.